The Balaban J connectivity index is 1.57. The van der Waals surface area contributed by atoms with Crippen LogP contribution in [-0.4, -0.2) is 5.75 Å². The van der Waals surface area contributed by atoms with E-state index in [2.05, 4.69) is 111 Å². The third-order valence-electron chi connectivity index (χ3n) is 7.50. The number of hydrogen-bond donors (Lipinski definition) is 0. The highest BCUT2D eigenvalue weighted by atomic mass is 32.2. The molecule has 36 heavy (non-hydrogen) atoms. The second-order valence-corrected chi connectivity index (χ2v) is 11.9. The maximum atomic E-state index is 2.46. The van der Waals surface area contributed by atoms with Gasteiger partial charge in [0.2, 0.25) is 0 Å². The van der Waals surface area contributed by atoms with Gasteiger partial charge in [-0.25, -0.2) is 0 Å². The van der Waals surface area contributed by atoms with Crippen molar-refractivity contribution >= 4 is 45.4 Å². The normalized spacial score (nSPS) is 16.4. The maximum Gasteiger partial charge on any atom is 0.0201 e. The summed E-state index contributed by atoms with van der Waals surface area (Å²) in [5.41, 5.74) is 12.4. The van der Waals surface area contributed by atoms with Crippen LogP contribution < -0.4 is 0 Å². The number of allylic oxidation sites excluding steroid dienone is 1. The van der Waals surface area contributed by atoms with Gasteiger partial charge in [-0.2, -0.15) is 0 Å². The highest BCUT2D eigenvalue weighted by Crippen LogP contribution is 2.52. The second kappa shape index (κ2) is 8.73. The average Bonchev–Trinajstić information content (AvgIpc) is 2.91. The van der Waals surface area contributed by atoms with E-state index < -0.39 is 0 Å². The Labute approximate surface area is 221 Å². The van der Waals surface area contributed by atoms with Gasteiger partial charge in [0.1, 0.15) is 0 Å². The van der Waals surface area contributed by atoms with Gasteiger partial charge in [-0.15, -0.1) is 11.8 Å². The van der Waals surface area contributed by atoms with Crippen LogP contribution >= 0.6 is 23.5 Å². The fourth-order valence-electron chi connectivity index (χ4n) is 5.91. The molecule has 0 aromatic heterocycles. The minimum atomic E-state index is 1.08. The number of hydrogen-bond acceptors (Lipinski definition) is 2. The lowest BCUT2D eigenvalue weighted by Crippen LogP contribution is -2.07. The summed E-state index contributed by atoms with van der Waals surface area (Å²) in [6, 6.07) is 36.2. The van der Waals surface area contributed by atoms with Crippen molar-refractivity contribution in [3.63, 3.8) is 0 Å². The van der Waals surface area contributed by atoms with Gasteiger partial charge in [0, 0.05) is 20.4 Å². The lowest BCUT2D eigenvalue weighted by atomic mass is 9.84. The molecule has 2 aliphatic heterocycles. The summed E-state index contributed by atoms with van der Waals surface area (Å²) in [6.07, 6.45) is 1.08. The predicted molar refractivity (Wildman–Crippen MR) is 157 cm³/mol. The smallest absolute Gasteiger partial charge is 0.0201 e. The van der Waals surface area contributed by atoms with Gasteiger partial charge < -0.3 is 0 Å². The van der Waals surface area contributed by atoms with Crippen molar-refractivity contribution in [2.24, 2.45) is 0 Å². The van der Waals surface area contributed by atoms with Gasteiger partial charge in [0.05, 0.1) is 0 Å². The predicted octanol–water partition coefficient (Wildman–Crippen LogP) is 10.0. The third-order valence-corrected chi connectivity index (χ3v) is 9.71. The Morgan fingerprint density at radius 2 is 1.36 bits per heavy atom. The van der Waals surface area contributed by atoms with Crippen LogP contribution in [0.25, 0.3) is 33.0 Å². The SMILES string of the molecule is Cc1cccc(C)c1-c1ccc2c(c1)/C(=C1/CCSc3ccc4ccccc4c31)c1ccccc1S2. The monoisotopic (exact) mass is 498 g/mol. The molecule has 0 atom stereocenters. The van der Waals surface area contributed by atoms with Crippen LogP contribution in [0.15, 0.2) is 112 Å². The fraction of sp³-hybridized carbons (Fsp3) is 0.118. The quantitative estimate of drug-likeness (QED) is 0.221. The van der Waals surface area contributed by atoms with Crippen LogP contribution in [0.4, 0.5) is 0 Å². The van der Waals surface area contributed by atoms with Crippen molar-refractivity contribution in [3.05, 3.63) is 125 Å². The number of rotatable bonds is 1. The Morgan fingerprint density at radius 3 is 2.25 bits per heavy atom. The minimum absolute atomic E-state index is 1.08. The molecule has 5 aromatic rings. The van der Waals surface area contributed by atoms with Gasteiger partial charge in [-0.05, 0) is 105 Å². The summed E-state index contributed by atoms with van der Waals surface area (Å²) in [4.78, 5) is 4.11. The Kier molecular flexibility index (Phi) is 5.34. The summed E-state index contributed by atoms with van der Waals surface area (Å²) < 4.78 is 0. The van der Waals surface area contributed by atoms with Crippen molar-refractivity contribution in [1.29, 1.82) is 0 Å². The molecule has 0 N–H and O–H groups in total. The zero-order valence-electron chi connectivity index (χ0n) is 20.5. The first-order chi connectivity index (χ1) is 17.7. The number of aryl methyl sites for hydroxylation is 2. The van der Waals surface area contributed by atoms with Crippen molar-refractivity contribution in [1.82, 2.24) is 0 Å². The molecule has 0 saturated heterocycles. The molecule has 2 heterocycles. The highest BCUT2D eigenvalue weighted by Gasteiger charge is 2.28. The van der Waals surface area contributed by atoms with Crippen LogP contribution in [-0.2, 0) is 0 Å². The first-order valence-corrected chi connectivity index (χ1v) is 14.4. The van der Waals surface area contributed by atoms with Gasteiger partial charge in [0.25, 0.3) is 0 Å². The molecule has 0 saturated carbocycles. The molecule has 2 aliphatic rings. The third kappa shape index (κ3) is 3.47. The molecule has 0 aliphatic carbocycles. The number of thioether (sulfide) groups is 1. The molecule has 0 amide bonds. The van der Waals surface area contributed by atoms with E-state index >= 15 is 0 Å². The zero-order valence-corrected chi connectivity index (χ0v) is 22.1. The average molecular weight is 499 g/mol. The summed E-state index contributed by atoms with van der Waals surface area (Å²) in [5.74, 6) is 1.12. The first-order valence-electron chi connectivity index (χ1n) is 12.6. The lowest BCUT2D eigenvalue weighted by Gasteiger charge is -2.29. The molecule has 0 bridgehead atoms. The van der Waals surface area contributed by atoms with E-state index in [1.807, 2.05) is 23.5 Å². The molecule has 0 fully saturated rings. The van der Waals surface area contributed by atoms with Gasteiger partial charge >= 0.3 is 0 Å². The van der Waals surface area contributed by atoms with E-state index in [4.69, 9.17) is 0 Å². The number of benzene rings is 5. The second-order valence-electron chi connectivity index (χ2n) is 9.69. The van der Waals surface area contributed by atoms with E-state index in [1.54, 1.807) is 0 Å². The zero-order chi connectivity index (χ0) is 24.2. The van der Waals surface area contributed by atoms with Crippen LogP contribution in [0, 0.1) is 13.8 Å². The lowest BCUT2D eigenvalue weighted by molar-refractivity contribution is 1.19. The molecule has 0 radical (unpaired) electrons. The van der Waals surface area contributed by atoms with Crippen molar-refractivity contribution in [2.45, 2.75) is 35.0 Å². The van der Waals surface area contributed by atoms with Crippen LogP contribution in [0.5, 0.6) is 0 Å². The minimum Gasteiger partial charge on any atom is -0.125 e. The van der Waals surface area contributed by atoms with E-state index in [0.29, 0.717) is 0 Å². The van der Waals surface area contributed by atoms with Crippen LogP contribution in [0.3, 0.4) is 0 Å². The van der Waals surface area contributed by atoms with Crippen molar-refractivity contribution in [2.75, 3.05) is 5.75 Å². The molecule has 174 valence electrons. The molecule has 0 nitrogen and oxygen atoms in total. The molecule has 7 rings (SSSR count). The summed E-state index contributed by atoms with van der Waals surface area (Å²) in [7, 11) is 0. The maximum absolute atomic E-state index is 2.46. The van der Waals surface area contributed by atoms with E-state index in [0.717, 1.165) is 12.2 Å². The summed E-state index contributed by atoms with van der Waals surface area (Å²) >= 11 is 3.91. The van der Waals surface area contributed by atoms with Gasteiger partial charge in [0.15, 0.2) is 0 Å². The molecule has 2 heteroatoms. The molecule has 0 unspecified atom stereocenters. The van der Waals surface area contributed by atoms with Crippen LogP contribution in [0.2, 0.25) is 0 Å². The fourth-order valence-corrected chi connectivity index (χ4v) is 8.05. The first kappa shape index (κ1) is 22.0. The molecule has 0 spiro atoms. The van der Waals surface area contributed by atoms with Gasteiger partial charge in [-0.1, -0.05) is 84.6 Å². The Hall–Kier alpha value is -3.20. The number of fused-ring (bicyclic) bond motifs is 5. The molecular weight excluding hydrogens is 473 g/mol. The van der Waals surface area contributed by atoms with Crippen molar-refractivity contribution in [3.8, 4) is 11.1 Å². The Bertz CT molecular complexity index is 1690. The highest BCUT2D eigenvalue weighted by molar-refractivity contribution is 7.99. The van der Waals surface area contributed by atoms with Crippen molar-refractivity contribution < 1.29 is 0 Å². The Morgan fingerprint density at radius 1 is 0.611 bits per heavy atom. The van der Waals surface area contributed by atoms with E-state index in [9.17, 15) is 0 Å². The largest absolute Gasteiger partial charge is 0.125 e. The van der Waals surface area contributed by atoms with E-state index in [-0.39, 0.29) is 0 Å². The van der Waals surface area contributed by atoms with E-state index in [1.165, 1.54) is 75.5 Å². The summed E-state index contributed by atoms with van der Waals surface area (Å²) in [5, 5.41) is 2.69. The standard InChI is InChI=1S/C34H26S2/c1-21-8-7-9-22(2)32(21)24-15-16-30-28(20-24)33(26-12-5-6-13-29(26)36-30)27-18-19-35-31-17-14-23-10-3-4-11-25(23)34(27)31/h3-17,20H,18-19H2,1-2H3/b33-27-. The molecular formula is C34H26S2. The topological polar surface area (TPSA) is 0 Å². The summed E-state index contributed by atoms with van der Waals surface area (Å²) in [6.45, 7) is 4.46. The van der Waals surface area contributed by atoms with Crippen LogP contribution in [0.1, 0.15) is 34.2 Å². The van der Waals surface area contributed by atoms with Gasteiger partial charge in [-0.3, -0.25) is 0 Å². The molecule has 5 aromatic carbocycles.